The van der Waals surface area contributed by atoms with Gasteiger partial charge in [0, 0.05) is 23.2 Å². The molecule has 0 saturated carbocycles. The first-order chi connectivity index (χ1) is 14.8. The van der Waals surface area contributed by atoms with Gasteiger partial charge >= 0.3 is 0 Å². The number of rotatable bonds is 9. The molecule has 0 aliphatic heterocycles. The Balaban J connectivity index is 1.61. The van der Waals surface area contributed by atoms with E-state index in [0.29, 0.717) is 18.7 Å². The molecule has 0 unspecified atom stereocenters. The number of hydrogen-bond acceptors (Lipinski definition) is 6. The summed E-state index contributed by atoms with van der Waals surface area (Å²) in [7, 11) is -3.63. The Bertz CT molecular complexity index is 1180. The third-order valence-electron chi connectivity index (χ3n) is 4.18. The summed E-state index contributed by atoms with van der Waals surface area (Å²) in [6, 6.07) is 11.5. The van der Waals surface area contributed by atoms with Gasteiger partial charge in [0.15, 0.2) is 6.61 Å². The standard InChI is InChI=1S/C21H22ClN3O4S2/c1-3-9-23-31(27,28)17-7-8-20(18(22)11-17)29-12-21(26)25-16-6-4-5-15(10-16)19-13-30-14(2)24-19/h4-8,10-11,13,23H,3,9,12H2,1-2H3,(H,25,26). The molecule has 0 spiro atoms. The maximum Gasteiger partial charge on any atom is 0.262 e. The van der Waals surface area contributed by atoms with Crippen LogP contribution < -0.4 is 14.8 Å². The van der Waals surface area contributed by atoms with Crippen molar-refractivity contribution in [2.75, 3.05) is 18.5 Å². The first-order valence-corrected chi connectivity index (χ1v) is 12.3. The molecule has 3 rings (SSSR count). The Hall–Kier alpha value is -2.46. The van der Waals surface area contributed by atoms with Gasteiger partial charge in [0.1, 0.15) is 5.75 Å². The van der Waals surface area contributed by atoms with E-state index >= 15 is 0 Å². The fraction of sp³-hybridized carbons (Fsp3) is 0.238. The summed E-state index contributed by atoms with van der Waals surface area (Å²) in [5.74, 6) is -0.151. The van der Waals surface area contributed by atoms with Crippen LogP contribution in [0.2, 0.25) is 5.02 Å². The van der Waals surface area contributed by atoms with Gasteiger partial charge in [0.05, 0.1) is 20.6 Å². The summed E-state index contributed by atoms with van der Waals surface area (Å²) >= 11 is 7.71. The SMILES string of the molecule is CCCNS(=O)(=O)c1ccc(OCC(=O)Nc2cccc(-c3csc(C)n3)c2)c(Cl)c1. The van der Waals surface area contributed by atoms with Crippen molar-refractivity contribution in [3.8, 4) is 17.0 Å². The van der Waals surface area contributed by atoms with Gasteiger partial charge in [-0.2, -0.15) is 0 Å². The third kappa shape index (κ3) is 6.27. The first kappa shape index (κ1) is 23.2. The van der Waals surface area contributed by atoms with E-state index in [1.165, 1.54) is 18.2 Å². The summed E-state index contributed by atoms with van der Waals surface area (Å²) in [5.41, 5.74) is 2.37. The molecule has 0 bridgehead atoms. The number of halogens is 1. The largest absolute Gasteiger partial charge is 0.482 e. The van der Waals surface area contributed by atoms with Crippen LogP contribution in [0.3, 0.4) is 0 Å². The smallest absolute Gasteiger partial charge is 0.262 e. The number of aryl methyl sites for hydroxylation is 1. The molecule has 1 heterocycles. The van der Waals surface area contributed by atoms with Crippen LogP contribution in [-0.2, 0) is 14.8 Å². The minimum Gasteiger partial charge on any atom is -0.482 e. The van der Waals surface area contributed by atoms with Gasteiger partial charge in [-0.3, -0.25) is 4.79 Å². The fourth-order valence-electron chi connectivity index (χ4n) is 2.68. The van der Waals surface area contributed by atoms with Crippen LogP contribution >= 0.6 is 22.9 Å². The molecule has 10 heteroatoms. The van der Waals surface area contributed by atoms with Crippen LogP contribution in [0.1, 0.15) is 18.4 Å². The lowest BCUT2D eigenvalue weighted by molar-refractivity contribution is -0.118. The van der Waals surface area contributed by atoms with Crippen LogP contribution in [0.15, 0.2) is 52.7 Å². The van der Waals surface area contributed by atoms with E-state index in [2.05, 4.69) is 15.0 Å². The van der Waals surface area contributed by atoms with Gasteiger partial charge in [0.25, 0.3) is 5.91 Å². The molecule has 0 atom stereocenters. The molecule has 164 valence electrons. The lowest BCUT2D eigenvalue weighted by Crippen LogP contribution is -2.24. The van der Waals surface area contributed by atoms with Gasteiger partial charge in [0.2, 0.25) is 10.0 Å². The molecule has 0 aliphatic rings. The number of benzene rings is 2. The molecule has 31 heavy (non-hydrogen) atoms. The molecule has 2 N–H and O–H groups in total. The van der Waals surface area contributed by atoms with Crippen LogP contribution in [0.5, 0.6) is 5.75 Å². The normalized spacial score (nSPS) is 11.3. The zero-order chi connectivity index (χ0) is 22.4. The van der Waals surface area contributed by atoms with Crippen molar-refractivity contribution >= 4 is 44.6 Å². The van der Waals surface area contributed by atoms with Crippen molar-refractivity contribution < 1.29 is 17.9 Å². The number of nitrogens with zero attached hydrogens (tertiary/aromatic N) is 1. The minimum atomic E-state index is -3.63. The highest BCUT2D eigenvalue weighted by Crippen LogP contribution is 2.28. The second-order valence-corrected chi connectivity index (χ2v) is 9.90. The summed E-state index contributed by atoms with van der Waals surface area (Å²) in [6.07, 6.45) is 0.676. The minimum absolute atomic E-state index is 0.0387. The average molecular weight is 480 g/mol. The Kier molecular flexibility index (Phi) is 7.66. The number of carbonyl (C=O) groups is 1. The predicted octanol–water partition coefficient (Wildman–Crippen LogP) is 4.48. The fourth-order valence-corrected chi connectivity index (χ4v) is 4.76. The van der Waals surface area contributed by atoms with Gasteiger partial charge < -0.3 is 10.1 Å². The van der Waals surface area contributed by atoms with E-state index in [0.717, 1.165) is 16.3 Å². The highest BCUT2D eigenvalue weighted by Gasteiger charge is 2.16. The van der Waals surface area contributed by atoms with Gasteiger partial charge in [-0.15, -0.1) is 11.3 Å². The van der Waals surface area contributed by atoms with Crippen LogP contribution in [0.25, 0.3) is 11.3 Å². The van der Waals surface area contributed by atoms with Crippen LogP contribution in [-0.4, -0.2) is 32.5 Å². The predicted molar refractivity (Wildman–Crippen MR) is 123 cm³/mol. The number of amides is 1. The molecular weight excluding hydrogens is 458 g/mol. The van der Waals surface area contributed by atoms with Gasteiger partial charge in [-0.1, -0.05) is 30.7 Å². The molecular formula is C21H22ClN3O4S2. The molecule has 2 aromatic carbocycles. The Morgan fingerprint density at radius 2 is 2.03 bits per heavy atom. The topological polar surface area (TPSA) is 97.4 Å². The molecule has 0 saturated heterocycles. The second kappa shape index (κ2) is 10.2. The molecule has 3 aromatic rings. The quantitative estimate of drug-likeness (QED) is 0.471. The number of ether oxygens (including phenoxy) is 1. The van der Waals surface area contributed by atoms with Gasteiger partial charge in [-0.25, -0.2) is 18.1 Å². The van der Waals surface area contributed by atoms with Crippen molar-refractivity contribution in [2.45, 2.75) is 25.2 Å². The van der Waals surface area contributed by atoms with Gasteiger partial charge in [-0.05, 0) is 43.7 Å². The lowest BCUT2D eigenvalue weighted by atomic mass is 10.1. The molecule has 0 radical (unpaired) electrons. The lowest BCUT2D eigenvalue weighted by Gasteiger charge is -2.11. The number of thiazole rings is 1. The van der Waals surface area contributed by atoms with E-state index in [1.54, 1.807) is 17.4 Å². The van der Waals surface area contributed by atoms with E-state index < -0.39 is 10.0 Å². The summed E-state index contributed by atoms with van der Waals surface area (Å²) in [6.45, 7) is 3.86. The van der Waals surface area contributed by atoms with Crippen LogP contribution in [0.4, 0.5) is 5.69 Å². The number of carbonyl (C=O) groups excluding carboxylic acids is 1. The van der Waals surface area contributed by atoms with Crippen molar-refractivity contribution in [2.24, 2.45) is 0 Å². The maximum absolute atomic E-state index is 12.3. The highest BCUT2D eigenvalue weighted by molar-refractivity contribution is 7.89. The number of sulfonamides is 1. The monoisotopic (exact) mass is 479 g/mol. The molecule has 7 nitrogen and oxygen atoms in total. The van der Waals surface area contributed by atoms with Crippen molar-refractivity contribution in [3.05, 3.63) is 57.9 Å². The molecule has 0 aliphatic carbocycles. The van der Waals surface area contributed by atoms with E-state index in [4.69, 9.17) is 16.3 Å². The Morgan fingerprint density at radius 1 is 1.23 bits per heavy atom. The average Bonchev–Trinajstić information content (AvgIpc) is 3.18. The van der Waals surface area contributed by atoms with Crippen LogP contribution in [0, 0.1) is 6.92 Å². The number of hydrogen-bond donors (Lipinski definition) is 2. The Labute approximate surface area is 190 Å². The third-order valence-corrected chi connectivity index (χ3v) is 6.70. The van der Waals surface area contributed by atoms with Crippen molar-refractivity contribution in [1.82, 2.24) is 9.71 Å². The molecule has 1 aromatic heterocycles. The highest BCUT2D eigenvalue weighted by atomic mass is 35.5. The molecule has 1 amide bonds. The zero-order valence-electron chi connectivity index (χ0n) is 17.0. The van der Waals surface area contributed by atoms with Crippen molar-refractivity contribution in [3.63, 3.8) is 0 Å². The number of aromatic nitrogens is 1. The first-order valence-electron chi connectivity index (χ1n) is 9.53. The summed E-state index contributed by atoms with van der Waals surface area (Å²) in [4.78, 5) is 16.8. The summed E-state index contributed by atoms with van der Waals surface area (Å²) < 4.78 is 32.3. The second-order valence-electron chi connectivity index (χ2n) is 6.66. The van der Waals surface area contributed by atoms with E-state index in [9.17, 15) is 13.2 Å². The van der Waals surface area contributed by atoms with E-state index in [-0.39, 0.29) is 28.2 Å². The number of nitrogens with one attached hydrogen (secondary N) is 2. The maximum atomic E-state index is 12.3. The number of anilines is 1. The summed E-state index contributed by atoms with van der Waals surface area (Å²) in [5, 5.41) is 5.80. The van der Waals surface area contributed by atoms with Crippen molar-refractivity contribution in [1.29, 1.82) is 0 Å². The molecule has 0 fully saturated rings. The Morgan fingerprint density at radius 3 is 2.71 bits per heavy atom. The zero-order valence-corrected chi connectivity index (χ0v) is 19.4. The van der Waals surface area contributed by atoms with E-state index in [1.807, 2.05) is 37.4 Å².